The summed E-state index contributed by atoms with van der Waals surface area (Å²) in [5, 5.41) is 11.6. The number of nitrogens with one attached hydrogen (secondary N) is 2. The molecule has 4 aromatic rings. The first-order chi connectivity index (χ1) is 14.8. The lowest BCUT2D eigenvalue weighted by Crippen LogP contribution is -2.31. The molecule has 5 rings (SSSR count). The normalized spacial score (nSPS) is 14.9. The maximum atomic E-state index is 5.82. The van der Waals surface area contributed by atoms with Gasteiger partial charge in [-0.1, -0.05) is 41.9 Å². The molecule has 0 spiro atoms. The molecule has 3 heterocycles. The summed E-state index contributed by atoms with van der Waals surface area (Å²) in [6.45, 7) is 4.41. The van der Waals surface area contributed by atoms with Gasteiger partial charge in [0, 0.05) is 17.7 Å². The van der Waals surface area contributed by atoms with Gasteiger partial charge in [-0.25, -0.2) is 4.98 Å². The summed E-state index contributed by atoms with van der Waals surface area (Å²) in [4.78, 5) is 10.6. The average molecular weight is 403 g/mol. The number of fused-ring (bicyclic) bond motifs is 1. The van der Waals surface area contributed by atoms with E-state index >= 15 is 0 Å². The molecule has 0 amide bonds. The number of imidazole rings is 1. The molecule has 30 heavy (non-hydrogen) atoms. The highest BCUT2D eigenvalue weighted by Crippen LogP contribution is 2.26. The van der Waals surface area contributed by atoms with Crippen LogP contribution in [0.2, 0.25) is 0 Å². The predicted octanol–water partition coefficient (Wildman–Crippen LogP) is 4.57. The molecule has 0 radical (unpaired) electrons. The van der Waals surface area contributed by atoms with Crippen molar-refractivity contribution >= 4 is 17.0 Å². The fraction of sp³-hybridized carbons (Fsp3) is 0.348. The predicted molar refractivity (Wildman–Crippen MR) is 118 cm³/mol. The lowest BCUT2D eigenvalue weighted by atomic mass is 10.1. The second-order valence-corrected chi connectivity index (χ2v) is 7.78. The van der Waals surface area contributed by atoms with Crippen LogP contribution in [0.4, 0.5) is 6.01 Å². The third-order valence-corrected chi connectivity index (χ3v) is 5.58. The summed E-state index contributed by atoms with van der Waals surface area (Å²) in [6.07, 6.45) is 5.10. The van der Waals surface area contributed by atoms with Gasteiger partial charge in [0.15, 0.2) is 0 Å². The van der Waals surface area contributed by atoms with Crippen molar-refractivity contribution in [2.24, 2.45) is 0 Å². The van der Waals surface area contributed by atoms with E-state index in [1.54, 1.807) is 0 Å². The minimum absolute atomic E-state index is 0.471. The average Bonchev–Trinajstić information content (AvgIpc) is 3.45. The molecule has 0 unspecified atom stereocenters. The Morgan fingerprint density at radius 3 is 2.70 bits per heavy atom. The first-order valence-electron chi connectivity index (χ1n) is 10.7. The number of likely N-dealkylation sites (tertiary alicyclic amines) is 1. The number of hydrogen-bond acceptors (Lipinski definition) is 6. The van der Waals surface area contributed by atoms with E-state index in [0.29, 0.717) is 11.9 Å². The maximum absolute atomic E-state index is 5.82. The minimum Gasteiger partial charge on any atom is -0.403 e. The number of anilines is 1. The van der Waals surface area contributed by atoms with Gasteiger partial charge >= 0.3 is 6.01 Å². The quantitative estimate of drug-likeness (QED) is 0.441. The Morgan fingerprint density at radius 1 is 0.967 bits per heavy atom. The van der Waals surface area contributed by atoms with Crippen LogP contribution in [0.15, 0.2) is 52.9 Å². The second-order valence-electron chi connectivity index (χ2n) is 7.78. The van der Waals surface area contributed by atoms with Crippen molar-refractivity contribution < 1.29 is 4.42 Å². The Kier molecular flexibility index (Phi) is 5.44. The summed E-state index contributed by atoms with van der Waals surface area (Å²) in [7, 11) is 0. The molecule has 7 heteroatoms. The highest BCUT2D eigenvalue weighted by Gasteiger charge is 2.12. The molecule has 0 aliphatic carbocycles. The van der Waals surface area contributed by atoms with Gasteiger partial charge in [-0.15, -0.1) is 5.10 Å². The number of piperidine rings is 1. The molecule has 1 saturated heterocycles. The van der Waals surface area contributed by atoms with Gasteiger partial charge in [-0.2, -0.15) is 0 Å². The van der Waals surface area contributed by atoms with E-state index in [4.69, 9.17) is 4.42 Å². The van der Waals surface area contributed by atoms with Crippen LogP contribution in [-0.4, -0.2) is 51.2 Å². The number of hydrogen-bond donors (Lipinski definition) is 2. The Balaban J connectivity index is 1.23. The molecule has 2 aromatic carbocycles. The topological polar surface area (TPSA) is 82.9 Å². The third kappa shape index (κ3) is 4.21. The second kappa shape index (κ2) is 8.67. The van der Waals surface area contributed by atoms with Crippen LogP contribution in [0.3, 0.4) is 0 Å². The standard InChI is InChI=1S/C23H26N6O/c1-3-8-17(9-4-1)21-25-19-11-10-18(16-20(19)26-21)22-27-28-23(30-22)24-12-7-15-29-13-5-2-6-14-29/h1,3-4,8-11,16H,2,5-7,12-15H2,(H,24,28)(H,25,26). The molecule has 154 valence electrons. The number of nitrogens with zero attached hydrogens (tertiary/aromatic N) is 4. The lowest BCUT2D eigenvalue weighted by molar-refractivity contribution is 0.228. The first kappa shape index (κ1) is 18.8. The van der Waals surface area contributed by atoms with Gasteiger partial charge in [-0.05, 0) is 57.1 Å². The molecular formula is C23H26N6O. The van der Waals surface area contributed by atoms with E-state index in [0.717, 1.165) is 47.5 Å². The van der Waals surface area contributed by atoms with Crippen molar-refractivity contribution in [1.82, 2.24) is 25.1 Å². The van der Waals surface area contributed by atoms with E-state index in [2.05, 4.69) is 30.4 Å². The van der Waals surface area contributed by atoms with Crippen molar-refractivity contribution in [2.45, 2.75) is 25.7 Å². The van der Waals surface area contributed by atoms with Crippen molar-refractivity contribution in [1.29, 1.82) is 0 Å². The summed E-state index contributed by atoms with van der Waals surface area (Å²) >= 11 is 0. The SMILES string of the molecule is c1ccc(-c2nc3ccc(-c4nnc(NCCCN5CCCCC5)o4)cc3[nH]2)cc1. The zero-order chi connectivity index (χ0) is 20.2. The van der Waals surface area contributed by atoms with Gasteiger partial charge in [0.05, 0.1) is 11.0 Å². The van der Waals surface area contributed by atoms with Crippen LogP contribution in [-0.2, 0) is 0 Å². The minimum atomic E-state index is 0.471. The van der Waals surface area contributed by atoms with Crippen molar-refractivity contribution in [3.8, 4) is 22.8 Å². The number of aromatic amines is 1. The Bertz CT molecular complexity index is 1100. The van der Waals surface area contributed by atoms with E-state index in [1.165, 1.54) is 32.4 Å². The van der Waals surface area contributed by atoms with Crippen LogP contribution in [0.5, 0.6) is 0 Å². The van der Waals surface area contributed by atoms with E-state index in [1.807, 2.05) is 48.5 Å². The molecule has 1 aliphatic rings. The van der Waals surface area contributed by atoms with Crippen LogP contribution in [0.25, 0.3) is 33.9 Å². The monoisotopic (exact) mass is 402 g/mol. The fourth-order valence-corrected chi connectivity index (χ4v) is 3.97. The van der Waals surface area contributed by atoms with E-state index < -0.39 is 0 Å². The highest BCUT2D eigenvalue weighted by molar-refractivity contribution is 5.83. The maximum Gasteiger partial charge on any atom is 0.315 e. The summed E-state index contributed by atoms with van der Waals surface area (Å²) in [6, 6.07) is 16.5. The number of H-pyrrole nitrogens is 1. The van der Waals surface area contributed by atoms with Crippen LogP contribution >= 0.6 is 0 Å². The summed E-state index contributed by atoms with van der Waals surface area (Å²) in [5.74, 6) is 1.36. The Morgan fingerprint density at radius 2 is 1.83 bits per heavy atom. The van der Waals surface area contributed by atoms with Gasteiger partial charge in [0.2, 0.25) is 5.89 Å². The molecule has 0 bridgehead atoms. The molecule has 0 atom stereocenters. The molecule has 1 aliphatic heterocycles. The van der Waals surface area contributed by atoms with Gasteiger partial charge in [0.25, 0.3) is 0 Å². The fourth-order valence-electron chi connectivity index (χ4n) is 3.97. The van der Waals surface area contributed by atoms with Crippen molar-refractivity contribution in [3.05, 3.63) is 48.5 Å². The van der Waals surface area contributed by atoms with Gasteiger partial charge in [-0.3, -0.25) is 0 Å². The smallest absolute Gasteiger partial charge is 0.315 e. The molecule has 2 aromatic heterocycles. The zero-order valence-corrected chi connectivity index (χ0v) is 17.0. The molecule has 1 fully saturated rings. The summed E-state index contributed by atoms with van der Waals surface area (Å²) in [5.41, 5.74) is 3.79. The van der Waals surface area contributed by atoms with Crippen LogP contribution < -0.4 is 5.32 Å². The number of benzene rings is 2. The Hall–Kier alpha value is -3.19. The Labute approximate surface area is 175 Å². The van der Waals surface area contributed by atoms with Crippen molar-refractivity contribution in [2.75, 3.05) is 31.5 Å². The van der Waals surface area contributed by atoms with Crippen LogP contribution in [0.1, 0.15) is 25.7 Å². The van der Waals surface area contributed by atoms with Crippen LogP contribution in [0, 0.1) is 0 Å². The van der Waals surface area contributed by atoms with Gasteiger partial charge in [0.1, 0.15) is 5.82 Å². The van der Waals surface area contributed by atoms with Crippen molar-refractivity contribution in [3.63, 3.8) is 0 Å². The third-order valence-electron chi connectivity index (χ3n) is 5.58. The van der Waals surface area contributed by atoms with Gasteiger partial charge < -0.3 is 19.6 Å². The lowest BCUT2D eigenvalue weighted by Gasteiger charge is -2.26. The molecule has 7 nitrogen and oxygen atoms in total. The van der Waals surface area contributed by atoms with E-state index in [9.17, 15) is 0 Å². The van der Waals surface area contributed by atoms with E-state index in [-0.39, 0.29) is 0 Å². The highest BCUT2D eigenvalue weighted by atomic mass is 16.4. The zero-order valence-electron chi connectivity index (χ0n) is 17.0. The molecule has 0 saturated carbocycles. The number of aromatic nitrogens is 4. The number of rotatable bonds is 7. The summed E-state index contributed by atoms with van der Waals surface area (Å²) < 4.78 is 5.82. The molecule has 2 N–H and O–H groups in total. The first-order valence-corrected chi connectivity index (χ1v) is 10.7. The largest absolute Gasteiger partial charge is 0.403 e. The molecular weight excluding hydrogens is 376 g/mol.